The number of likely N-dealkylation sites (N-methyl/N-ethyl adjacent to an activating group) is 1. The summed E-state index contributed by atoms with van der Waals surface area (Å²) in [5.41, 5.74) is 2.18. The number of halogens is 1. The Kier molecular flexibility index (Phi) is 11.4. The molecule has 4 heterocycles. The normalized spacial score (nSPS) is 19.3. The van der Waals surface area contributed by atoms with Gasteiger partial charge in [0, 0.05) is 102 Å². The van der Waals surface area contributed by atoms with Gasteiger partial charge in [0.15, 0.2) is 0 Å². The Morgan fingerprint density at radius 2 is 1.78 bits per heavy atom. The summed E-state index contributed by atoms with van der Waals surface area (Å²) in [7, 11) is 3.57. The third-order valence-corrected chi connectivity index (χ3v) is 9.76. The van der Waals surface area contributed by atoms with E-state index >= 15 is 4.39 Å². The summed E-state index contributed by atoms with van der Waals surface area (Å²) in [6, 6.07) is 10.7. The average molecular weight is 675 g/mol. The van der Waals surface area contributed by atoms with Gasteiger partial charge in [0.25, 0.3) is 5.91 Å². The fourth-order valence-corrected chi connectivity index (χ4v) is 6.88. The van der Waals surface area contributed by atoms with E-state index in [0.717, 1.165) is 63.1 Å². The number of methoxy groups -OCH3 is 1. The van der Waals surface area contributed by atoms with Crippen molar-refractivity contribution in [2.45, 2.75) is 57.7 Å². The maximum absolute atomic E-state index is 15.6. The number of likely N-dealkylation sites (tertiary alicyclic amines) is 2. The van der Waals surface area contributed by atoms with Crippen LogP contribution in [0.5, 0.6) is 11.5 Å². The lowest BCUT2D eigenvalue weighted by atomic mass is 9.99. The Hall–Kier alpha value is -4.13. The Labute approximate surface area is 287 Å². The van der Waals surface area contributed by atoms with E-state index in [0.29, 0.717) is 55.2 Å². The van der Waals surface area contributed by atoms with E-state index < -0.39 is 11.7 Å². The second kappa shape index (κ2) is 16.1. The molecular formula is C37H47FN6O5. The van der Waals surface area contributed by atoms with Gasteiger partial charge in [0.05, 0.1) is 12.2 Å². The molecule has 12 heteroatoms. The van der Waals surface area contributed by atoms with Gasteiger partial charge in [0.1, 0.15) is 17.3 Å². The van der Waals surface area contributed by atoms with Crippen LogP contribution in [0, 0.1) is 11.7 Å². The standard InChI is InChI=1S/C37H47FN6O5/c1-25-18-35(45)44(23-25)24-27-19-33(38)32(36(46)41-29-8-12-43(13-9-29)30-10-15-48-16-11-30)20-34(27)49-31-6-4-26(5-7-31)28-21-39-37(40-22-28)42(2)14-17-47-3/h4-7,19-22,25,29-30H,8-18,23-24H2,1-3H3,(H,41,46). The smallest absolute Gasteiger partial charge is 0.254 e. The molecule has 2 amide bonds. The van der Waals surface area contributed by atoms with Crippen LogP contribution in [0.4, 0.5) is 10.3 Å². The number of hydrogen-bond donors (Lipinski definition) is 1. The number of nitrogens with one attached hydrogen (secondary N) is 1. The number of carbonyl (C=O) groups is 2. The van der Waals surface area contributed by atoms with Gasteiger partial charge in [-0.05, 0) is 61.4 Å². The molecule has 2 aromatic carbocycles. The van der Waals surface area contributed by atoms with Crippen molar-refractivity contribution < 1.29 is 28.2 Å². The van der Waals surface area contributed by atoms with Gasteiger partial charge in [-0.25, -0.2) is 14.4 Å². The van der Waals surface area contributed by atoms with Gasteiger partial charge in [-0.1, -0.05) is 19.1 Å². The van der Waals surface area contributed by atoms with Crippen molar-refractivity contribution >= 4 is 17.8 Å². The van der Waals surface area contributed by atoms with E-state index in [1.165, 1.54) is 12.1 Å². The second-order valence-electron chi connectivity index (χ2n) is 13.5. The molecule has 11 nitrogen and oxygen atoms in total. The Bertz CT molecular complexity index is 1580. The molecule has 1 aromatic heterocycles. The van der Waals surface area contributed by atoms with E-state index in [9.17, 15) is 9.59 Å². The minimum absolute atomic E-state index is 0.0234. The molecule has 0 saturated carbocycles. The summed E-state index contributed by atoms with van der Waals surface area (Å²) < 4.78 is 32.6. The van der Waals surface area contributed by atoms with Crippen molar-refractivity contribution in [3.8, 4) is 22.6 Å². The first-order valence-corrected chi connectivity index (χ1v) is 17.3. The third kappa shape index (κ3) is 8.73. The lowest BCUT2D eigenvalue weighted by molar-refractivity contribution is -0.128. The molecule has 1 N–H and O–H groups in total. The van der Waals surface area contributed by atoms with E-state index in [4.69, 9.17) is 14.2 Å². The van der Waals surface area contributed by atoms with Crippen LogP contribution in [0.15, 0.2) is 48.8 Å². The quantitative estimate of drug-likeness (QED) is 0.287. The van der Waals surface area contributed by atoms with Gasteiger partial charge in [-0.2, -0.15) is 0 Å². The van der Waals surface area contributed by atoms with Crippen molar-refractivity contribution in [2.75, 3.05) is 65.1 Å². The number of nitrogens with zero attached hydrogens (tertiary/aromatic N) is 5. The summed E-state index contributed by atoms with van der Waals surface area (Å²) in [5, 5.41) is 3.07. The summed E-state index contributed by atoms with van der Waals surface area (Å²) >= 11 is 0. The largest absolute Gasteiger partial charge is 0.457 e. The van der Waals surface area contributed by atoms with Gasteiger partial charge in [-0.15, -0.1) is 0 Å². The minimum atomic E-state index is -0.633. The number of carbonyl (C=O) groups excluding carboxylic acids is 2. The zero-order chi connectivity index (χ0) is 34.3. The molecule has 6 rings (SSSR count). The van der Waals surface area contributed by atoms with Crippen LogP contribution in [-0.2, 0) is 20.8 Å². The molecule has 3 saturated heterocycles. The van der Waals surface area contributed by atoms with Crippen molar-refractivity contribution in [3.63, 3.8) is 0 Å². The van der Waals surface area contributed by atoms with Crippen LogP contribution in [0.2, 0.25) is 0 Å². The maximum Gasteiger partial charge on any atom is 0.254 e. The summed E-state index contributed by atoms with van der Waals surface area (Å²) in [5.74, 6) is 0.614. The Morgan fingerprint density at radius 3 is 2.43 bits per heavy atom. The number of hydrogen-bond acceptors (Lipinski definition) is 9. The number of benzene rings is 2. The minimum Gasteiger partial charge on any atom is -0.457 e. The van der Waals surface area contributed by atoms with Crippen LogP contribution in [0.25, 0.3) is 11.1 Å². The molecule has 0 radical (unpaired) electrons. The fraction of sp³-hybridized carbons (Fsp3) is 0.514. The van der Waals surface area contributed by atoms with Crippen LogP contribution in [-0.4, -0.2) is 104 Å². The van der Waals surface area contributed by atoms with Gasteiger partial charge in [-0.3, -0.25) is 9.59 Å². The highest BCUT2D eigenvalue weighted by Gasteiger charge is 2.30. The first-order valence-electron chi connectivity index (χ1n) is 17.3. The topological polar surface area (TPSA) is 109 Å². The molecular weight excluding hydrogens is 627 g/mol. The number of aromatic nitrogens is 2. The molecule has 3 fully saturated rings. The average Bonchev–Trinajstić information content (AvgIpc) is 3.44. The van der Waals surface area contributed by atoms with Crippen LogP contribution in [0.3, 0.4) is 0 Å². The molecule has 3 aromatic rings. The van der Waals surface area contributed by atoms with Crippen LogP contribution < -0.4 is 15.0 Å². The van der Waals surface area contributed by atoms with E-state index in [-0.39, 0.29) is 30.0 Å². The SMILES string of the molecule is COCCN(C)c1ncc(-c2ccc(Oc3cc(C(=O)NC4CCN(C5CCOCC5)CC4)c(F)cc3CN3CC(C)CC3=O)cc2)cn1. The van der Waals surface area contributed by atoms with Crippen LogP contribution in [0.1, 0.15) is 54.9 Å². The van der Waals surface area contributed by atoms with Gasteiger partial charge in [0.2, 0.25) is 11.9 Å². The molecule has 0 spiro atoms. The highest BCUT2D eigenvalue weighted by Crippen LogP contribution is 2.33. The van der Waals surface area contributed by atoms with Crippen molar-refractivity contribution in [3.05, 3.63) is 65.7 Å². The predicted molar refractivity (Wildman–Crippen MR) is 184 cm³/mol. The lowest BCUT2D eigenvalue weighted by Gasteiger charge is -2.39. The van der Waals surface area contributed by atoms with E-state index in [1.54, 1.807) is 24.4 Å². The summed E-state index contributed by atoms with van der Waals surface area (Å²) in [6.07, 6.45) is 7.70. The fourth-order valence-electron chi connectivity index (χ4n) is 6.88. The summed E-state index contributed by atoms with van der Waals surface area (Å²) in [4.78, 5) is 41.2. The maximum atomic E-state index is 15.6. The van der Waals surface area contributed by atoms with Gasteiger partial charge < -0.3 is 34.2 Å². The Morgan fingerprint density at radius 1 is 1.06 bits per heavy atom. The first-order chi connectivity index (χ1) is 23.8. The zero-order valence-corrected chi connectivity index (χ0v) is 28.7. The molecule has 0 aliphatic carbocycles. The summed E-state index contributed by atoms with van der Waals surface area (Å²) in [6.45, 7) is 7.45. The first kappa shape index (κ1) is 34.7. The molecule has 3 aliphatic heterocycles. The molecule has 1 unspecified atom stereocenters. The van der Waals surface area contributed by atoms with E-state index in [1.807, 2.05) is 43.1 Å². The number of amides is 2. The lowest BCUT2D eigenvalue weighted by Crippen LogP contribution is -2.49. The Balaban J connectivity index is 1.16. The number of anilines is 1. The third-order valence-electron chi connectivity index (χ3n) is 9.76. The van der Waals surface area contributed by atoms with Crippen molar-refractivity contribution in [2.24, 2.45) is 5.92 Å². The number of ether oxygens (including phenoxy) is 3. The molecule has 3 aliphatic rings. The van der Waals surface area contributed by atoms with Crippen molar-refractivity contribution in [1.29, 1.82) is 0 Å². The number of piperidine rings is 1. The zero-order valence-electron chi connectivity index (χ0n) is 28.7. The number of rotatable bonds is 12. The van der Waals surface area contributed by atoms with Crippen LogP contribution >= 0.6 is 0 Å². The second-order valence-corrected chi connectivity index (χ2v) is 13.5. The highest BCUT2D eigenvalue weighted by molar-refractivity contribution is 5.95. The molecule has 1 atom stereocenters. The van der Waals surface area contributed by atoms with Gasteiger partial charge >= 0.3 is 0 Å². The molecule has 49 heavy (non-hydrogen) atoms. The highest BCUT2D eigenvalue weighted by atomic mass is 19.1. The molecule has 0 bridgehead atoms. The monoisotopic (exact) mass is 674 g/mol. The molecule has 262 valence electrons. The van der Waals surface area contributed by atoms with Crippen molar-refractivity contribution in [1.82, 2.24) is 25.1 Å². The van der Waals surface area contributed by atoms with E-state index in [2.05, 4.69) is 20.2 Å². The predicted octanol–water partition coefficient (Wildman–Crippen LogP) is 4.90.